The maximum absolute atomic E-state index is 12.3. The second kappa shape index (κ2) is 9.75. The third kappa shape index (κ3) is 5.38. The van der Waals surface area contributed by atoms with Gasteiger partial charge in [-0.3, -0.25) is 9.59 Å². The predicted octanol–water partition coefficient (Wildman–Crippen LogP) is 3.31. The van der Waals surface area contributed by atoms with Gasteiger partial charge in [-0.15, -0.1) is 0 Å². The zero-order valence-electron chi connectivity index (χ0n) is 16.5. The summed E-state index contributed by atoms with van der Waals surface area (Å²) in [6.07, 6.45) is 5.86. The summed E-state index contributed by atoms with van der Waals surface area (Å²) >= 11 is 1.39. The van der Waals surface area contributed by atoms with Crippen molar-refractivity contribution >= 4 is 28.6 Å². The molecule has 0 bridgehead atoms. The van der Waals surface area contributed by atoms with E-state index in [0.29, 0.717) is 34.1 Å². The van der Waals surface area contributed by atoms with E-state index in [9.17, 15) is 9.59 Å². The average Bonchev–Trinajstić information content (AvgIpc) is 2.76. The lowest BCUT2D eigenvalue weighted by molar-refractivity contribution is -0.121. The summed E-state index contributed by atoms with van der Waals surface area (Å²) in [5, 5.41) is 4.23. The maximum Gasteiger partial charge on any atom is 0.259 e. The van der Waals surface area contributed by atoms with Crippen LogP contribution in [-0.2, 0) is 4.79 Å². The van der Waals surface area contributed by atoms with Crippen LogP contribution in [0.15, 0.2) is 58.6 Å². The summed E-state index contributed by atoms with van der Waals surface area (Å²) in [6.45, 7) is 0. The fourth-order valence-corrected chi connectivity index (χ4v) is 4.39. The fourth-order valence-electron chi connectivity index (χ4n) is 3.59. The van der Waals surface area contributed by atoms with Crippen molar-refractivity contribution in [3.05, 3.63) is 59.0 Å². The minimum absolute atomic E-state index is 0.0275. The molecular formula is C22H24N4O3S. The number of fused-ring (bicyclic) bond motifs is 1. The van der Waals surface area contributed by atoms with Crippen LogP contribution >= 0.6 is 11.8 Å². The minimum Gasteiger partial charge on any atom is -0.474 e. The third-order valence-corrected chi connectivity index (χ3v) is 6.00. The molecule has 0 saturated heterocycles. The van der Waals surface area contributed by atoms with Crippen molar-refractivity contribution in [2.45, 2.75) is 49.4 Å². The van der Waals surface area contributed by atoms with Gasteiger partial charge in [-0.05, 0) is 43.9 Å². The summed E-state index contributed by atoms with van der Waals surface area (Å²) in [5.74, 6) is 1.24. The Kier molecular flexibility index (Phi) is 6.63. The largest absolute Gasteiger partial charge is 0.474 e. The summed E-state index contributed by atoms with van der Waals surface area (Å²) in [7, 11) is 0. The van der Waals surface area contributed by atoms with E-state index in [-0.39, 0.29) is 23.6 Å². The Bertz CT molecular complexity index is 1050. The molecule has 8 heteroatoms. The van der Waals surface area contributed by atoms with Crippen molar-refractivity contribution in [3.63, 3.8) is 0 Å². The smallest absolute Gasteiger partial charge is 0.259 e. The second-order valence-electron chi connectivity index (χ2n) is 7.31. The molecule has 1 aliphatic rings. The van der Waals surface area contributed by atoms with Crippen LogP contribution in [-0.4, -0.2) is 38.8 Å². The average molecular weight is 425 g/mol. The zero-order chi connectivity index (χ0) is 20.8. The molecule has 0 aliphatic heterocycles. The van der Waals surface area contributed by atoms with Crippen molar-refractivity contribution in [2.24, 2.45) is 0 Å². The Labute approximate surface area is 178 Å². The molecule has 1 amide bonds. The van der Waals surface area contributed by atoms with Crippen LogP contribution in [0.2, 0.25) is 0 Å². The van der Waals surface area contributed by atoms with Gasteiger partial charge in [0, 0.05) is 30.5 Å². The van der Waals surface area contributed by atoms with E-state index in [1.807, 2.05) is 36.4 Å². The van der Waals surface area contributed by atoms with Gasteiger partial charge in [0.2, 0.25) is 11.8 Å². The van der Waals surface area contributed by atoms with Crippen LogP contribution in [0.5, 0.6) is 5.88 Å². The first-order valence-corrected chi connectivity index (χ1v) is 11.1. The van der Waals surface area contributed by atoms with Crippen LogP contribution in [0, 0.1) is 0 Å². The highest BCUT2D eigenvalue weighted by Gasteiger charge is 2.23. The molecule has 2 aromatic heterocycles. The Morgan fingerprint density at radius 2 is 1.93 bits per heavy atom. The van der Waals surface area contributed by atoms with Crippen LogP contribution in [0.3, 0.4) is 0 Å². The van der Waals surface area contributed by atoms with E-state index in [1.165, 1.54) is 11.8 Å². The van der Waals surface area contributed by atoms with Gasteiger partial charge in [-0.1, -0.05) is 30.0 Å². The number of H-pyrrole nitrogens is 1. The molecular weight excluding hydrogens is 400 g/mol. The number of para-hydroxylation sites is 1. The molecule has 2 heterocycles. The molecule has 1 fully saturated rings. The maximum atomic E-state index is 12.3. The van der Waals surface area contributed by atoms with E-state index in [4.69, 9.17) is 4.74 Å². The molecule has 0 spiro atoms. The van der Waals surface area contributed by atoms with E-state index in [0.717, 1.165) is 25.7 Å². The molecule has 4 rings (SSSR count). The standard InChI is InChI=1S/C22H24N4O3S/c27-19(12-14-30-22-25-18-6-2-1-5-17(18)21(28)26-22)24-15-8-10-16(11-9-15)29-20-7-3-4-13-23-20/h1-7,13,15-16H,8-12,14H2,(H,24,27)(H,25,26,28). The number of nitrogens with one attached hydrogen (secondary N) is 2. The Morgan fingerprint density at radius 1 is 1.13 bits per heavy atom. The molecule has 1 aromatic carbocycles. The number of pyridine rings is 1. The molecule has 0 unspecified atom stereocenters. The normalized spacial score (nSPS) is 18.8. The monoisotopic (exact) mass is 424 g/mol. The highest BCUT2D eigenvalue weighted by atomic mass is 32.2. The van der Waals surface area contributed by atoms with Gasteiger partial charge in [-0.25, -0.2) is 9.97 Å². The molecule has 156 valence electrons. The summed E-state index contributed by atoms with van der Waals surface area (Å²) < 4.78 is 5.90. The molecule has 7 nitrogen and oxygen atoms in total. The van der Waals surface area contributed by atoms with Crippen LogP contribution in [0.1, 0.15) is 32.1 Å². The van der Waals surface area contributed by atoms with Gasteiger partial charge < -0.3 is 15.0 Å². The van der Waals surface area contributed by atoms with E-state index < -0.39 is 0 Å². The molecule has 3 aromatic rings. The molecule has 2 N–H and O–H groups in total. The van der Waals surface area contributed by atoms with Crippen molar-refractivity contribution in [3.8, 4) is 5.88 Å². The number of hydrogen-bond donors (Lipinski definition) is 2. The predicted molar refractivity (Wildman–Crippen MR) is 117 cm³/mol. The highest BCUT2D eigenvalue weighted by Crippen LogP contribution is 2.23. The lowest BCUT2D eigenvalue weighted by Gasteiger charge is -2.29. The first-order chi connectivity index (χ1) is 14.7. The van der Waals surface area contributed by atoms with Gasteiger partial charge in [-0.2, -0.15) is 0 Å². The van der Waals surface area contributed by atoms with Gasteiger partial charge in [0.25, 0.3) is 5.56 Å². The summed E-state index contributed by atoms with van der Waals surface area (Å²) in [4.78, 5) is 35.8. The molecule has 1 saturated carbocycles. The topological polar surface area (TPSA) is 97.0 Å². The van der Waals surface area contributed by atoms with Crippen LogP contribution < -0.4 is 15.6 Å². The lowest BCUT2D eigenvalue weighted by Crippen LogP contribution is -2.39. The number of nitrogens with zero attached hydrogens (tertiary/aromatic N) is 2. The van der Waals surface area contributed by atoms with Crippen molar-refractivity contribution in [1.29, 1.82) is 0 Å². The van der Waals surface area contributed by atoms with Crippen LogP contribution in [0.4, 0.5) is 0 Å². The summed E-state index contributed by atoms with van der Waals surface area (Å²) in [6, 6.07) is 13.1. The zero-order valence-corrected chi connectivity index (χ0v) is 17.4. The van der Waals surface area contributed by atoms with Gasteiger partial charge >= 0.3 is 0 Å². The number of hydrogen-bond acceptors (Lipinski definition) is 6. The molecule has 0 atom stereocenters. The van der Waals surface area contributed by atoms with Gasteiger partial charge in [0.05, 0.1) is 10.9 Å². The van der Waals surface area contributed by atoms with Crippen molar-refractivity contribution < 1.29 is 9.53 Å². The SMILES string of the molecule is O=C(CCSc1nc2ccccc2c(=O)[nH]1)NC1CCC(Oc2ccccn2)CC1. The van der Waals surface area contributed by atoms with Crippen molar-refractivity contribution in [1.82, 2.24) is 20.3 Å². The first kappa shape index (κ1) is 20.4. The van der Waals surface area contributed by atoms with Crippen molar-refractivity contribution in [2.75, 3.05) is 5.75 Å². The van der Waals surface area contributed by atoms with E-state index in [1.54, 1.807) is 12.3 Å². The van der Waals surface area contributed by atoms with E-state index in [2.05, 4.69) is 20.3 Å². The number of amides is 1. The molecule has 0 radical (unpaired) electrons. The quantitative estimate of drug-likeness (QED) is 0.446. The van der Waals surface area contributed by atoms with Gasteiger partial charge in [0.1, 0.15) is 6.10 Å². The number of ether oxygens (including phenoxy) is 1. The highest BCUT2D eigenvalue weighted by molar-refractivity contribution is 7.99. The molecule has 30 heavy (non-hydrogen) atoms. The third-order valence-electron chi connectivity index (χ3n) is 5.12. The summed E-state index contributed by atoms with van der Waals surface area (Å²) in [5.41, 5.74) is 0.509. The van der Waals surface area contributed by atoms with Crippen LogP contribution in [0.25, 0.3) is 10.9 Å². The fraction of sp³-hybridized carbons (Fsp3) is 0.364. The number of carbonyl (C=O) groups excluding carboxylic acids is 1. The molecule has 1 aliphatic carbocycles. The Morgan fingerprint density at radius 3 is 2.73 bits per heavy atom. The van der Waals surface area contributed by atoms with E-state index >= 15 is 0 Å². The number of aromatic amines is 1. The van der Waals surface area contributed by atoms with Gasteiger partial charge in [0.15, 0.2) is 5.16 Å². The Hall–Kier alpha value is -2.87. The first-order valence-electron chi connectivity index (χ1n) is 10.2. The number of thioether (sulfide) groups is 1. The number of carbonyl (C=O) groups is 1. The number of aromatic nitrogens is 3. The lowest BCUT2D eigenvalue weighted by atomic mass is 9.93. The number of rotatable bonds is 7. The second-order valence-corrected chi connectivity index (χ2v) is 8.40. The Balaban J connectivity index is 1.19. The minimum atomic E-state index is -0.155. The number of benzene rings is 1.